The maximum Gasteiger partial charge on any atom is 0.247 e. The number of benzene rings is 2. The zero-order chi connectivity index (χ0) is 30.8. The van der Waals surface area contributed by atoms with E-state index in [0.29, 0.717) is 26.1 Å². The molecule has 8 heteroatoms. The number of carbonyl (C=O) groups is 3. The van der Waals surface area contributed by atoms with Crippen molar-refractivity contribution >= 4 is 35.2 Å². The van der Waals surface area contributed by atoms with Gasteiger partial charge in [-0.1, -0.05) is 74.0 Å². The SMILES string of the molecule is C=CCN(CCCC)C(=O)C1N([C@H](CO)c2ccccc2)C(=O)[C@@H]2[C@@H](C(=O)N(CC=C)c3ccccc3)[C@@]3(C)CCC12S3. The molecule has 2 unspecified atom stereocenters. The van der Waals surface area contributed by atoms with Crippen LogP contribution >= 0.6 is 11.8 Å². The van der Waals surface area contributed by atoms with E-state index in [4.69, 9.17) is 0 Å². The molecule has 0 radical (unpaired) electrons. The topological polar surface area (TPSA) is 81.2 Å². The summed E-state index contributed by atoms with van der Waals surface area (Å²) in [5.41, 5.74) is 1.52. The summed E-state index contributed by atoms with van der Waals surface area (Å²) < 4.78 is -1.29. The van der Waals surface area contributed by atoms with Crippen LogP contribution in [-0.4, -0.2) is 74.4 Å². The van der Waals surface area contributed by atoms with Crippen LogP contribution in [-0.2, 0) is 14.4 Å². The van der Waals surface area contributed by atoms with Gasteiger partial charge in [0.25, 0.3) is 0 Å². The minimum absolute atomic E-state index is 0.122. The van der Waals surface area contributed by atoms with Gasteiger partial charge in [-0.3, -0.25) is 14.4 Å². The smallest absolute Gasteiger partial charge is 0.247 e. The highest BCUT2D eigenvalue weighted by Gasteiger charge is 2.78. The number of fused-ring (bicyclic) bond motifs is 1. The van der Waals surface area contributed by atoms with Gasteiger partial charge < -0.3 is 19.8 Å². The second-order valence-corrected chi connectivity index (χ2v) is 14.0. The van der Waals surface area contributed by atoms with Crippen LogP contribution in [0.5, 0.6) is 0 Å². The van der Waals surface area contributed by atoms with Gasteiger partial charge in [0.1, 0.15) is 6.04 Å². The van der Waals surface area contributed by atoms with Crippen LogP contribution in [0, 0.1) is 11.8 Å². The number of hydrogen-bond donors (Lipinski definition) is 1. The lowest BCUT2D eigenvalue weighted by Gasteiger charge is -2.39. The standard InChI is InChI=1S/C35H43N3O4S/c1-5-8-23-36(21-6-2)33(42)30-35-20-19-34(4,43-35)28(31(40)37(22-7-3)26-17-13-10-14-18-26)29(35)32(41)38(30)27(24-39)25-15-11-9-12-16-25/h6-7,9-18,27-30,39H,2-3,5,8,19-24H2,1,4H3/t27-,28+,29+,30?,34-,35?/m1/s1. The van der Waals surface area contributed by atoms with Crippen molar-refractivity contribution in [3.05, 3.63) is 91.5 Å². The lowest BCUT2D eigenvalue weighted by Crippen LogP contribution is -2.56. The van der Waals surface area contributed by atoms with E-state index in [0.717, 1.165) is 30.5 Å². The van der Waals surface area contributed by atoms with Crippen LogP contribution < -0.4 is 4.90 Å². The van der Waals surface area contributed by atoms with E-state index in [9.17, 15) is 19.5 Å². The molecular weight excluding hydrogens is 558 g/mol. The molecule has 3 amide bonds. The molecule has 0 saturated carbocycles. The zero-order valence-electron chi connectivity index (χ0n) is 25.2. The number of hydrogen-bond acceptors (Lipinski definition) is 5. The molecule has 5 rings (SSSR count). The predicted molar refractivity (Wildman–Crippen MR) is 173 cm³/mol. The van der Waals surface area contributed by atoms with Gasteiger partial charge in [0.05, 0.1) is 29.2 Å². The number of rotatable bonds is 13. The van der Waals surface area contributed by atoms with Gasteiger partial charge in [-0.05, 0) is 43.9 Å². The number of anilines is 1. The Balaban J connectivity index is 1.64. The molecule has 3 heterocycles. The molecule has 2 aromatic carbocycles. The molecule has 3 aliphatic heterocycles. The average molecular weight is 602 g/mol. The van der Waals surface area contributed by atoms with Gasteiger partial charge in [-0.2, -0.15) is 0 Å². The van der Waals surface area contributed by atoms with Gasteiger partial charge in [0, 0.05) is 30.1 Å². The van der Waals surface area contributed by atoms with Gasteiger partial charge in [-0.25, -0.2) is 0 Å². The molecule has 3 saturated heterocycles. The monoisotopic (exact) mass is 601 g/mol. The fourth-order valence-corrected chi connectivity index (χ4v) is 9.91. The van der Waals surface area contributed by atoms with Crippen molar-refractivity contribution in [2.24, 2.45) is 11.8 Å². The third-order valence-electron chi connectivity index (χ3n) is 9.50. The molecule has 2 aromatic rings. The van der Waals surface area contributed by atoms with E-state index >= 15 is 0 Å². The largest absolute Gasteiger partial charge is 0.394 e. The van der Waals surface area contributed by atoms with Crippen LogP contribution in [0.1, 0.15) is 51.1 Å². The Morgan fingerprint density at radius 1 is 1.05 bits per heavy atom. The molecule has 3 fully saturated rings. The van der Waals surface area contributed by atoms with E-state index in [-0.39, 0.29) is 24.3 Å². The molecule has 3 aliphatic rings. The molecular formula is C35H43N3O4S. The van der Waals surface area contributed by atoms with Gasteiger partial charge >= 0.3 is 0 Å². The van der Waals surface area contributed by atoms with Gasteiger partial charge in [0.2, 0.25) is 17.7 Å². The van der Waals surface area contributed by atoms with Crippen molar-refractivity contribution in [2.75, 3.05) is 31.1 Å². The Bertz CT molecular complexity index is 1350. The van der Waals surface area contributed by atoms with Crippen LogP contribution in [0.2, 0.25) is 0 Å². The molecule has 6 atom stereocenters. The van der Waals surface area contributed by atoms with Crippen molar-refractivity contribution in [3.8, 4) is 0 Å². The van der Waals surface area contributed by atoms with E-state index in [1.807, 2.05) is 60.7 Å². The molecule has 2 bridgehead atoms. The third-order valence-corrected chi connectivity index (χ3v) is 11.5. The lowest BCUT2D eigenvalue weighted by atomic mass is 9.66. The Labute approximate surface area is 259 Å². The summed E-state index contributed by atoms with van der Waals surface area (Å²) in [5, 5.41) is 10.8. The minimum atomic E-state index is -0.812. The van der Waals surface area contributed by atoms with Crippen LogP contribution in [0.4, 0.5) is 5.69 Å². The molecule has 0 aromatic heterocycles. The Morgan fingerprint density at radius 3 is 2.30 bits per heavy atom. The fraction of sp³-hybridized carbons (Fsp3) is 0.457. The number of para-hydroxylation sites is 1. The molecule has 228 valence electrons. The minimum Gasteiger partial charge on any atom is -0.394 e. The van der Waals surface area contributed by atoms with Crippen molar-refractivity contribution in [2.45, 2.75) is 61.1 Å². The highest BCUT2D eigenvalue weighted by Crippen LogP contribution is 2.72. The summed E-state index contributed by atoms with van der Waals surface area (Å²) in [5.74, 6) is -1.80. The van der Waals surface area contributed by atoms with E-state index < -0.39 is 33.4 Å². The Hall–Kier alpha value is -3.36. The first-order valence-corrected chi connectivity index (χ1v) is 16.1. The van der Waals surface area contributed by atoms with E-state index in [1.165, 1.54) is 0 Å². The molecule has 1 spiro atoms. The summed E-state index contributed by atoms with van der Waals surface area (Å²) in [7, 11) is 0. The predicted octanol–water partition coefficient (Wildman–Crippen LogP) is 5.24. The highest BCUT2D eigenvalue weighted by molar-refractivity contribution is 8.02. The van der Waals surface area contributed by atoms with Crippen LogP contribution in [0.3, 0.4) is 0 Å². The molecule has 1 N–H and O–H groups in total. The summed E-state index contributed by atoms with van der Waals surface area (Å²) in [4.78, 5) is 49.3. The van der Waals surface area contributed by atoms with Gasteiger partial charge in [-0.15, -0.1) is 24.9 Å². The summed E-state index contributed by atoms with van der Waals surface area (Å²) >= 11 is 1.65. The second kappa shape index (κ2) is 12.7. The Kier molecular flexibility index (Phi) is 9.18. The van der Waals surface area contributed by atoms with Crippen LogP contribution in [0.25, 0.3) is 0 Å². The Morgan fingerprint density at radius 2 is 1.70 bits per heavy atom. The average Bonchev–Trinajstić information content (AvgIpc) is 3.59. The summed E-state index contributed by atoms with van der Waals surface area (Å²) in [6, 6.07) is 17.4. The molecule has 0 aliphatic carbocycles. The first-order chi connectivity index (χ1) is 20.8. The molecule has 7 nitrogen and oxygen atoms in total. The second-order valence-electron chi connectivity index (χ2n) is 12.1. The normalized spacial score (nSPS) is 27.9. The summed E-state index contributed by atoms with van der Waals surface area (Å²) in [6.07, 6.45) is 6.56. The lowest BCUT2D eigenvalue weighted by molar-refractivity contribution is -0.146. The number of aliphatic hydroxyl groups excluding tert-OH is 1. The van der Waals surface area contributed by atoms with E-state index in [2.05, 4.69) is 27.0 Å². The number of carbonyl (C=O) groups excluding carboxylic acids is 3. The van der Waals surface area contributed by atoms with Gasteiger partial charge in [0.15, 0.2) is 0 Å². The van der Waals surface area contributed by atoms with E-state index in [1.54, 1.807) is 38.6 Å². The number of likely N-dealkylation sites (tertiary alicyclic amines) is 1. The first kappa shape index (κ1) is 31.1. The van der Waals surface area contributed by atoms with Crippen molar-refractivity contribution < 1.29 is 19.5 Å². The first-order valence-electron chi connectivity index (χ1n) is 15.3. The molecule has 43 heavy (non-hydrogen) atoms. The number of aliphatic hydroxyl groups is 1. The maximum atomic E-state index is 14.8. The summed E-state index contributed by atoms with van der Waals surface area (Å²) in [6.45, 7) is 12.9. The number of nitrogens with zero attached hydrogens (tertiary/aromatic N) is 3. The van der Waals surface area contributed by atoms with Crippen molar-refractivity contribution in [1.29, 1.82) is 0 Å². The number of unbranched alkanes of at least 4 members (excludes halogenated alkanes) is 1. The quantitative estimate of drug-likeness (QED) is 0.318. The fourth-order valence-electron chi connectivity index (χ4n) is 7.58. The highest BCUT2D eigenvalue weighted by atomic mass is 32.2. The third kappa shape index (κ3) is 5.22. The number of thioether (sulfide) groups is 1. The van der Waals surface area contributed by atoms with Crippen molar-refractivity contribution in [3.63, 3.8) is 0 Å². The zero-order valence-corrected chi connectivity index (χ0v) is 26.0. The van der Waals surface area contributed by atoms with Crippen molar-refractivity contribution in [1.82, 2.24) is 9.80 Å². The maximum absolute atomic E-state index is 14.8. The number of amides is 3. The van der Waals surface area contributed by atoms with Crippen LogP contribution in [0.15, 0.2) is 86.0 Å².